The van der Waals surface area contributed by atoms with Crippen molar-refractivity contribution in [2.75, 3.05) is 5.23 Å². The van der Waals surface area contributed by atoms with Crippen molar-refractivity contribution in [1.29, 1.82) is 5.26 Å². The van der Waals surface area contributed by atoms with Crippen molar-refractivity contribution in [3.8, 4) is 17.6 Å². The van der Waals surface area contributed by atoms with Crippen LogP contribution in [0, 0.1) is 11.3 Å². The fourth-order valence-electron chi connectivity index (χ4n) is 1.86. The molecule has 0 aromatic heterocycles. The molecule has 0 fully saturated rings. The molecule has 5 nitrogen and oxygen atoms in total. The molecule has 2 aromatic rings. The van der Waals surface area contributed by atoms with Gasteiger partial charge in [-0.15, -0.1) is 5.23 Å². The molecular weight excluding hydrogens is 255 g/mol. The summed E-state index contributed by atoms with van der Waals surface area (Å²) in [7, 11) is 0. The van der Waals surface area contributed by atoms with Crippen LogP contribution in [0.1, 0.15) is 11.1 Å². The first-order valence-electron chi connectivity index (χ1n) is 5.69. The highest BCUT2D eigenvalue weighted by atomic mass is 16.9. The van der Waals surface area contributed by atoms with E-state index in [4.69, 9.17) is 14.8 Å². The van der Waals surface area contributed by atoms with Gasteiger partial charge in [0.05, 0.1) is 11.6 Å². The average Bonchev–Trinajstić information content (AvgIpc) is 2.81. The van der Waals surface area contributed by atoms with E-state index in [0.717, 1.165) is 10.8 Å². The number of fused-ring (bicyclic) bond motifs is 1. The van der Waals surface area contributed by atoms with Gasteiger partial charge in [0.15, 0.2) is 0 Å². The van der Waals surface area contributed by atoms with Gasteiger partial charge < -0.3 is 4.74 Å². The van der Waals surface area contributed by atoms with E-state index in [1.54, 1.807) is 36.4 Å². The molecule has 2 aromatic carbocycles. The molecule has 6 heteroatoms. The van der Waals surface area contributed by atoms with Gasteiger partial charge in [-0.25, -0.2) is 4.84 Å². The number of hydrogen-bond acceptors (Lipinski definition) is 5. The third-order valence-electron chi connectivity index (χ3n) is 2.82. The Labute approximate surface area is 118 Å². The van der Waals surface area contributed by atoms with Gasteiger partial charge >= 0.3 is 0 Å². The van der Waals surface area contributed by atoms with Gasteiger partial charge in [0.1, 0.15) is 23.8 Å². The molecule has 0 amide bonds. The minimum Gasteiger partial charge on any atom is -0.457 e. The molecule has 1 aliphatic rings. The van der Waals surface area contributed by atoms with Crippen LogP contribution in [-0.4, -0.2) is 13.6 Å². The van der Waals surface area contributed by atoms with Crippen molar-refractivity contribution < 1.29 is 14.8 Å². The first-order valence-corrected chi connectivity index (χ1v) is 5.69. The highest BCUT2D eigenvalue weighted by molar-refractivity contribution is 5.75. The predicted molar refractivity (Wildman–Crippen MR) is 72.5 cm³/mol. The maximum Gasteiger partial charge on any atom is 0.127 e. The highest BCUT2D eigenvalue weighted by Gasteiger charge is 2.19. The van der Waals surface area contributed by atoms with Crippen molar-refractivity contribution in [3.63, 3.8) is 0 Å². The number of hydrogen-bond donors (Lipinski definition) is 1. The van der Waals surface area contributed by atoms with Crippen molar-refractivity contribution in [3.05, 3.63) is 53.6 Å². The standard InChI is InChI=1S/C14H10N2O3.B/c15-8-10-1-3-12(4-2-10)19-13-5-6-14-11(7-13)9-18-16(14)17;/h1-7,17H,9H2;. The largest absolute Gasteiger partial charge is 0.457 e. The van der Waals surface area contributed by atoms with Crippen LogP contribution < -0.4 is 9.96 Å². The van der Waals surface area contributed by atoms with Crippen LogP contribution >= 0.6 is 0 Å². The number of rotatable bonds is 2. The van der Waals surface area contributed by atoms with Crippen LogP contribution in [-0.2, 0) is 11.4 Å². The van der Waals surface area contributed by atoms with Crippen LogP contribution in [0.4, 0.5) is 5.69 Å². The molecule has 0 saturated carbocycles. The third-order valence-corrected chi connectivity index (χ3v) is 2.82. The Morgan fingerprint density at radius 1 is 1.15 bits per heavy atom. The predicted octanol–water partition coefficient (Wildman–Crippen LogP) is 2.61. The SMILES string of the molecule is N#Cc1ccc(Oc2ccc3c(c2)CON3O)cc1.[B]. The van der Waals surface area contributed by atoms with Gasteiger partial charge in [0.2, 0.25) is 0 Å². The van der Waals surface area contributed by atoms with Gasteiger partial charge in [-0.3, -0.25) is 5.21 Å². The summed E-state index contributed by atoms with van der Waals surface area (Å²) in [5, 5.41) is 18.8. The Balaban J connectivity index is 0.00000147. The molecule has 3 rings (SSSR count). The van der Waals surface area contributed by atoms with Crippen LogP contribution in [0.2, 0.25) is 0 Å². The number of benzene rings is 2. The summed E-state index contributed by atoms with van der Waals surface area (Å²) in [6, 6.07) is 14.2. The number of nitriles is 1. The molecule has 0 bridgehead atoms. The summed E-state index contributed by atoms with van der Waals surface area (Å²) in [5.41, 5.74) is 2.06. The zero-order valence-corrected chi connectivity index (χ0v) is 10.5. The lowest BCUT2D eigenvalue weighted by Crippen LogP contribution is -2.10. The molecule has 0 spiro atoms. The summed E-state index contributed by atoms with van der Waals surface area (Å²) in [5.74, 6) is 1.31. The van der Waals surface area contributed by atoms with Crippen LogP contribution in [0.15, 0.2) is 42.5 Å². The van der Waals surface area contributed by atoms with Gasteiger partial charge in [-0.05, 0) is 42.5 Å². The molecular formula is C14H10BN2O3. The lowest BCUT2D eigenvalue weighted by atomic mass is 10.2. The number of nitrogens with zero attached hydrogens (tertiary/aromatic N) is 2. The van der Waals surface area contributed by atoms with Crippen LogP contribution in [0.3, 0.4) is 0 Å². The third kappa shape index (κ3) is 2.59. The molecule has 97 valence electrons. The number of ether oxygens (including phenoxy) is 1. The monoisotopic (exact) mass is 265 g/mol. The molecule has 1 aliphatic heterocycles. The average molecular weight is 265 g/mol. The smallest absolute Gasteiger partial charge is 0.127 e. The van der Waals surface area contributed by atoms with Crippen molar-refractivity contribution in [1.82, 2.24) is 0 Å². The molecule has 0 saturated heterocycles. The Bertz CT molecular complexity index is 652. The van der Waals surface area contributed by atoms with E-state index in [1.807, 2.05) is 6.07 Å². The Hall–Kier alpha value is -2.49. The maximum absolute atomic E-state index is 9.36. The number of anilines is 1. The summed E-state index contributed by atoms with van der Waals surface area (Å²) >= 11 is 0. The van der Waals surface area contributed by atoms with Crippen molar-refractivity contribution in [2.24, 2.45) is 0 Å². The molecule has 3 radical (unpaired) electrons. The van der Waals surface area contributed by atoms with E-state index in [1.165, 1.54) is 0 Å². The first-order chi connectivity index (χ1) is 9.26. The molecule has 1 heterocycles. The summed E-state index contributed by atoms with van der Waals surface area (Å²) in [6.45, 7) is 0.316. The minimum atomic E-state index is 0. The second-order valence-electron chi connectivity index (χ2n) is 4.08. The van der Waals surface area contributed by atoms with Gasteiger partial charge in [-0.2, -0.15) is 5.26 Å². The van der Waals surface area contributed by atoms with Crippen LogP contribution in [0.25, 0.3) is 0 Å². The van der Waals surface area contributed by atoms with E-state index >= 15 is 0 Å². The van der Waals surface area contributed by atoms with Crippen molar-refractivity contribution in [2.45, 2.75) is 6.61 Å². The Morgan fingerprint density at radius 3 is 2.55 bits per heavy atom. The van der Waals surface area contributed by atoms with Gasteiger partial charge in [-0.1, -0.05) is 0 Å². The minimum absolute atomic E-state index is 0. The second kappa shape index (κ2) is 5.65. The second-order valence-corrected chi connectivity index (χ2v) is 4.08. The fraction of sp³-hybridized carbons (Fsp3) is 0.0714. The van der Waals surface area contributed by atoms with Crippen LogP contribution in [0.5, 0.6) is 11.5 Å². The Morgan fingerprint density at radius 2 is 1.85 bits per heavy atom. The quantitative estimate of drug-likeness (QED) is 0.845. The van der Waals surface area contributed by atoms with E-state index < -0.39 is 0 Å². The normalized spacial score (nSPS) is 12.3. The van der Waals surface area contributed by atoms with Gasteiger partial charge in [0.25, 0.3) is 0 Å². The summed E-state index contributed by atoms with van der Waals surface area (Å²) in [6.07, 6.45) is 0. The Kier molecular flexibility index (Phi) is 3.94. The van der Waals surface area contributed by atoms with E-state index in [0.29, 0.717) is 29.4 Å². The fourth-order valence-corrected chi connectivity index (χ4v) is 1.86. The van der Waals surface area contributed by atoms with E-state index in [-0.39, 0.29) is 8.41 Å². The lowest BCUT2D eigenvalue weighted by molar-refractivity contribution is -0.0329. The molecule has 0 atom stereocenters. The molecule has 0 unspecified atom stereocenters. The zero-order chi connectivity index (χ0) is 13.2. The van der Waals surface area contributed by atoms with E-state index in [2.05, 4.69) is 6.07 Å². The molecule has 20 heavy (non-hydrogen) atoms. The highest BCUT2D eigenvalue weighted by Crippen LogP contribution is 2.32. The van der Waals surface area contributed by atoms with Crippen molar-refractivity contribution >= 4 is 14.1 Å². The molecule has 0 aliphatic carbocycles. The topological polar surface area (TPSA) is 65.7 Å². The first kappa shape index (κ1) is 13.9. The summed E-state index contributed by atoms with van der Waals surface area (Å²) < 4.78 is 5.67. The van der Waals surface area contributed by atoms with Gasteiger partial charge in [0, 0.05) is 14.0 Å². The van der Waals surface area contributed by atoms with E-state index in [9.17, 15) is 5.21 Å². The summed E-state index contributed by atoms with van der Waals surface area (Å²) in [4.78, 5) is 4.96. The zero-order valence-electron chi connectivity index (χ0n) is 10.5. The lowest BCUT2D eigenvalue weighted by Gasteiger charge is -2.09. The molecule has 1 N–H and O–H groups in total. The maximum atomic E-state index is 9.36.